The first-order valence-electron chi connectivity index (χ1n) is 16.0. The van der Waals surface area contributed by atoms with Crippen LogP contribution in [0.3, 0.4) is 0 Å². The van der Waals surface area contributed by atoms with Crippen molar-refractivity contribution in [1.82, 2.24) is 9.88 Å². The summed E-state index contributed by atoms with van der Waals surface area (Å²) in [6.45, 7) is 4.39. The Morgan fingerprint density at radius 2 is 1.64 bits per heavy atom. The predicted octanol–water partition coefficient (Wildman–Crippen LogP) is 7.02. The molecule has 3 aliphatic rings. The molecule has 4 heterocycles. The molecule has 0 spiro atoms. The maximum atomic E-state index is 14.6. The van der Waals surface area contributed by atoms with Crippen LogP contribution < -0.4 is 20.7 Å². The van der Waals surface area contributed by atoms with Gasteiger partial charge in [0, 0.05) is 23.7 Å². The molecule has 4 unspecified atom stereocenters. The summed E-state index contributed by atoms with van der Waals surface area (Å²) in [5.74, 6) is 1.82. The van der Waals surface area contributed by atoms with Gasteiger partial charge >= 0.3 is 5.97 Å². The molecule has 5 atom stereocenters. The molecule has 6 heteroatoms. The largest absolute Gasteiger partial charge is 0.497 e. The van der Waals surface area contributed by atoms with Crippen LogP contribution in [0.4, 0.5) is 0 Å². The van der Waals surface area contributed by atoms with E-state index in [1.54, 1.807) is 7.11 Å². The van der Waals surface area contributed by atoms with Crippen LogP contribution in [0.15, 0.2) is 115 Å². The smallest absolute Gasteiger partial charge is 0.339 e. The number of esters is 1. The molecule has 3 fully saturated rings. The molecule has 0 radical (unpaired) electrons. The van der Waals surface area contributed by atoms with E-state index in [2.05, 4.69) is 71.4 Å². The first kappa shape index (κ1) is 29.6. The molecule has 3 saturated heterocycles. The lowest BCUT2D eigenvalue weighted by molar-refractivity contribution is -0.0659. The van der Waals surface area contributed by atoms with Gasteiger partial charge in [0.05, 0.1) is 24.2 Å². The average molecular weight is 615 g/mol. The number of piperidine rings is 3. The van der Waals surface area contributed by atoms with Gasteiger partial charge < -0.3 is 9.47 Å². The number of benzene rings is 4. The van der Waals surface area contributed by atoms with Gasteiger partial charge in [0.15, 0.2) is 0 Å². The minimum absolute atomic E-state index is 0.101. The summed E-state index contributed by atoms with van der Waals surface area (Å²) in [4.78, 5) is 21.8. The zero-order chi connectivity index (χ0) is 30.8. The second kappa shape index (κ2) is 13.1. The summed E-state index contributed by atoms with van der Waals surface area (Å²) in [5.41, 5.74) is 2.48. The number of methoxy groups -OCH3 is 1. The molecule has 2 bridgehead atoms. The Balaban J connectivity index is 1.32. The topological polar surface area (TPSA) is 51.7 Å². The highest BCUT2D eigenvalue weighted by Gasteiger charge is 2.45. The molecule has 45 heavy (non-hydrogen) atoms. The fraction of sp³-hybridized carbons (Fsp3) is 0.282. The molecule has 0 N–H and O–H groups in total. The van der Waals surface area contributed by atoms with Crippen molar-refractivity contribution >= 4 is 40.7 Å². The fourth-order valence-electron chi connectivity index (χ4n) is 7.43. The predicted molar refractivity (Wildman–Crippen MR) is 183 cm³/mol. The Labute approximate surface area is 267 Å². The minimum atomic E-state index is -0.979. The Morgan fingerprint density at radius 3 is 2.31 bits per heavy atom. The summed E-state index contributed by atoms with van der Waals surface area (Å²) >= 11 is 0. The van der Waals surface area contributed by atoms with E-state index in [9.17, 15) is 4.79 Å². The zero-order valence-corrected chi connectivity index (χ0v) is 26.8. The van der Waals surface area contributed by atoms with Crippen molar-refractivity contribution in [3.05, 3.63) is 127 Å². The Bertz CT molecular complexity index is 1740. The second-order valence-electron chi connectivity index (χ2n) is 12.1. The monoisotopic (exact) mass is 614 g/mol. The van der Waals surface area contributed by atoms with Gasteiger partial charge in [-0.3, -0.25) is 9.88 Å². The van der Waals surface area contributed by atoms with E-state index in [1.807, 2.05) is 60.8 Å². The molecule has 5 nitrogen and oxygen atoms in total. The standard InChI is InChI=1S/C39H39N2O3P/c1-3-27-26-41-23-21-28(27)24-36(41)38(32-20-22-40-35-19-18-29(43-2)25-34(32)35)44-39(42)33-16-10-11-17-37(33)45(30-12-6-4-7-13-30)31-14-8-5-9-15-31/h4-20,22,25,27-28,36,38H,3,21,23-24,26H2,1-2H3/t27?,28?,36?,38-/m1/s1. The minimum Gasteiger partial charge on any atom is -0.497 e. The molecule has 1 aromatic heterocycles. The normalized spacial score (nSPS) is 21.5. The van der Waals surface area contributed by atoms with Crippen molar-refractivity contribution < 1.29 is 14.3 Å². The number of carbonyl (C=O) groups is 1. The third-order valence-electron chi connectivity index (χ3n) is 9.73. The number of rotatable bonds is 9. The van der Waals surface area contributed by atoms with E-state index in [0.717, 1.165) is 47.0 Å². The van der Waals surface area contributed by atoms with Crippen LogP contribution in [0.2, 0.25) is 0 Å². The van der Waals surface area contributed by atoms with Gasteiger partial charge in [-0.15, -0.1) is 0 Å². The Morgan fingerprint density at radius 1 is 0.933 bits per heavy atom. The van der Waals surface area contributed by atoms with Crippen LogP contribution in [0.5, 0.6) is 5.75 Å². The quantitative estimate of drug-likeness (QED) is 0.132. The number of hydrogen-bond acceptors (Lipinski definition) is 5. The lowest BCUT2D eigenvalue weighted by Gasteiger charge is -2.51. The number of aromatic nitrogens is 1. The van der Waals surface area contributed by atoms with Crippen LogP contribution in [-0.2, 0) is 4.74 Å². The summed E-state index contributed by atoms with van der Waals surface area (Å²) in [5, 5.41) is 4.37. The third kappa shape index (κ3) is 5.88. The summed E-state index contributed by atoms with van der Waals surface area (Å²) in [6.07, 6.45) is 4.82. The van der Waals surface area contributed by atoms with Crippen LogP contribution in [0.25, 0.3) is 10.9 Å². The highest BCUT2D eigenvalue weighted by Crippen LogP contribution is 2.45. The van der Waals surface area contributed by atoms with E-state index < -0.39 is 14.0 Å². The number of ether oxygens (including phenoxy) is 2. The molecule has 8 rings (SSSR count). The van der Waals surface area contributed by atoms with Crippen molar-refractivity contribution in [2.24, 2.45) is 11.8 Å². The van der Waals surface area contributed by atoms with Crippen LogP contribution in [0, 0.1) is 11.8 Å². The first-order valence-corrected chi connectivity index (χ1v) is 17.4. The van der Waals surface area contributed by atoms with Crippen LogP contribution in [0.1, 0.15) is 48.2 Å². The maximum Gasteiger partial charge on any atom is 0.339 e. The Kier molecular flexibility index (Phi) is 8.65. The Hall–Kier alpha value is -4.05. The van der Waals surface area contributed by atoms with Crippen molar-refractivity contribution in [3.63, 3.8) is 0 Å². The molecule has 4 aromatic carbocycles. The van der Waals surface area contributed by atoms with Gasteiger partial charge in [0.25, 0.3) is 0 Å². The van der Waals surface area contributed by atoms with Crippen molar-refractivity contribution in [2.75, 3.05) is 20.2 Å². The number of fused-ring (bicyclic) bond motifs is 4. The number of nitrogens with zero attached hydrogens (tertiary/aromatic N) is 2. The molecule has 0 saturated carbocycles. The third-order valence-corrected chi connectivity index (χ3v) is 12.2. The highest BCUT2D eigenvalue weighted by molar-refractivity contribution is 7.80. The number of pyridine rings is 1. The molecule has 228 valence electrons. The molecule has 5 aromatic rings. The van der Waals surface area contributed by atoms with Crippen molar-refractivity contribution in [2.45, 2.75) is 38.3 Å². The number of carbonyl (C=O) groups excluding carboxylic acids is 1. The van der Waals surface area contributed by atoms with Gasteiger partial charge in [0.1, 0.15) is 11.9 Å². The lowest BCUT2D eigenvalue weighted by Crippen LogP contribution is -2.55. The van der Waals surface area contributed by atoms with E-state index in [0.29, 0.717) is 17.4 Å². The van der Waals surface area contributed by atoms with Gasteiger partial charge in [-0.05, 0) is 85.4 Å². The van der Waals surface area contributed by atoms with E-state index in [4.69, 9.17) is 9.47 Å². The first-order chi connectivity index (χ1) is 22.1. The average Bonchev–Trinajstić information content (AvgIpc) is 3.11. The molecular formula is C39H39N2O3P. The second-order valence-corrected chi connectivity index (χ2v) is 14.3. The lowest BCUT2D eigenvalue weighted by atomic mass is 9.72. The van der Waals surface area contributed by atoms with E-state index in [-0.39, 0.29) is 12.0 Å². The maximum absolute atomic E-state index is 14.6. The van der Waals surface area contributed by atoms with Gasteiger partial charge in [0.2, 0.25) is 0 Å². The van der Waals surface area contributed by atoms with E-state index >= 15 is 0 Å². The molecular weight excluding hydrogens is 575 g/mol. The molecule has 0 amide bonds. The van der Waals surface area contributed by atoms with Crippen LogP contribution in [-0.4, -0.2) is 42.1 Å². The number of hydrogen-bond donors (Lipinski definition) is 0. The van der Waals surface area contributed by atoms with Gasteiger partial charge in [-0.1, -0.05) is 92.2 Å². The van der Waals surface area contributed by atoms with Gasteiger partial charge in [-0.2, -0.15) is 0 Å². The molecule has 0 aliphatic carbocycles. The van der Waals surface area contributed by atoms with E-state index in [1.165, 1.54) is 23.5 Å². The summed E-state index contributed by atoms with van der Waals surface area (Å²) in [6, 6.07) is 37.1. The SMILES string of the molecule is CCC1CN2CCC1CC2[C@H](OC(=O)c1ccccc1P(c1ccccc1)c1ccccc1)c1ccnc2ccc(OC)cc12. The summed E-state index contributed by atoms with van der Waals surface area (Å²) in [7, 11) is 0.702. The van der Waals surface area contributed by atoms with Crippen LogP contribution >= 0.6 is 7.92 Å². The van der Waals surface area contributed by atoms with Crippen molar-refractivity contribution in [1.29, 1.82) is 0 Å². The zero-order valence-electron chi connectivity index (χ0n) is 25.9. The summed E-state index contributed by atoms with van der Waals surface area (Å²) < 4.78 is 12.4. The molecule has 3 aliphatic heterocycles. The highest BCUT2D eigenvalue weighted by atomic mass is 31.1. The van der Waals surface area contributed by atoms with Crippen molar-refractivity contribution in [3.8, 4) is 5.75 Å². The fourth-order valence-corrected chi connectivity index (χ4v) is 9.87. The van der Waals surface area contributed by atoms with Gasteiger partial charge in [-0.25, -0.2) is 4.79 Å².